The molecule has 2 fully saturated rings. The van der Waals surface area contributed by atoms with E-state index in [-0.39, 0.29) is 11.7 Å². The lowest BCUT2D eigenvalue weighted by atomic mass is 9.97. The lowest BCUT2D eigenvalue weighted by Gasteiger charge is -2.33. The fraction of sp³-hybridized carbons (Fsp3) is 0.409. The third-order valence-corrected chi connectivity index (χ3v) is 6.16. The van der Waals surface area contributed by atoms with E-state index in [1.165, 1.54) is 6.07 Å². The summed E-state index contributed by atoms with van der Waals surface area (Å²) >= 11 is 12.1. The van der Waals surface area contributed by atoms with Crippen molar-refractivity contribution in [2.45, 2.75) is 44.2 Å². The summed E-state index contributed by atoms with van der Waals surface area (Å²) in [5.41, 5.74) is 7.32. The van der Waals surface area contributed by atoms with Gasteiger partial charge in [0.1, 0.15) is 17.7 Å². The minimum Gasteiger partial charge on any atom is -0.489 e. The molecular formula is C22H23Cl2FN2O2. The van der Waals surface area contributed by atoms with Crippen molar-refractivity contribution in [3.63, 3.8) is 0 Å². The van der Waals surface area contributed by atoms with Crippen molar-refractivity contribution in [3.8, 4) is 5.75 Å². The van der Waals surface area contributed by atoms with Crippen LogP contribution in [0.4, 0.5) is 4.39 Å². The Bertz CT molecular complexity index is 925. The maximum Gasteiger partial charge on any atom is 0.251 e. The zero-order chi connectivity index (χ0) is 20.5. The Morgan fingerprint density at radius 2 is 1.86 bits per heavy atom. The molecule has 4 rings (SSSR count). The summed E-state index contributed by atoms with van der Waals surface area (Å²) in [5.74, 6) is -0.187. The number of carbonyl (C=O) groups excluding carboxylic acids is 1. The average Bonchev–Trinajstić information content (AvgIpc) is 3.50. The van der Waals surface area contributed by atoms with Gasteiger partial charge in [-0.05, 0) is 73.1 Å². The Labute approximate surface area is 179 Å². The molecule has 0 spiro atoms. The molecule has 7 heteroatoms. The monoisotopic (exact) mass is 436 g/mol. The van der Waals surface area contributed by atoms with Gasteiger partial charge in [-0.15, -0.1) is 0 Å². The number of piperidine rings is 1. The largest absolute Gasteiger partial charge is 0.489 e. The average molecular weight is 437 g/mol. The van der Waals surface area contributed by atoms with Gasteiger partial charge in [0.25, 0.3) is 5.91 Å². The smallest absolute Gasteiger partial charge is 0.251 e. The first kappa shape index (κ1) is 20.5. The number of nitrogens with zero attached hydrogens (tertiary/aromatic N) is 1. The molecule has 1 amide bonds. The van der Waals surface area contributed by atoms with Gasteiger partial charge in [-0.2, -0.15) is 0 Å². The third-order valence-electron chi connectivity index (χ3n) is 5.63. The second-order valence-corrected chi connectivity index (χ2v) is 8.68. The molecule has 2 N–H and O–H groups in total. The molecule has 2 aromatic carbocycles. The van der Waals surface area contributed by atoms with Crippen molar-refractivity contribution in [1.82, 2.24) is 4.90 Å². The van der Waals surface area contributed by atoms with Crippen LogP contribution in [0.25, 0.3) is 0 Å². The molecule has 29 heavy (non-hydrogen) atoms. The molecule has 0 unspecified atom stereocenters. The maximum absolute atomic E-state index is 14.3. The quantitative estimate of drug-likeness (QED) is 0.680. The maximum atomic E-state index is 14.3. The van der Waals surface area contributed by atoms with Crippen LogP contribution in [-0.4, -0.2) is 30.0 Å². The van der Waals surface area contributed by atoms with Gasteiger partial charge in [0.2, 0.25) is 0 Å². The van der Waals surface area contributed by atoms with Crippen LogP contribution in [-0.2, 0) is 6.54 Å². The molecule has 0 atom stereocenters. The highest BCUT2D eigenvalue weighted by Gasteiger charge is 2.29. The molecule has 4 nitrogen and oxygen atoms in total. The van der Waals surface area contributed by atoms with E-state index in [1.807, 2.05) is 0 Å². The number of carbonyl (C=O) groups is 1. The molecule has 1 saturated carbocycles. The van der Waals surface area contributed by atoms with Gasteiger partial charge in [-0.3, -0.25) is 9.69 Å². The van der Waals surface area contributed by atoms with Gasteiger partial charge in [-0.1, -0.05) is 23.2 Å². The molecule has 2 aliphatic rings. The van der Waals surface area contributed by atoms with Gasteiger partial charge < -0.3 is 10.5 Å². The summed E-state index contributed by atoms with van der Waals surface area (Å²) in [6.07, 6.45) is 3.96. The SMILES string of the molecule is NC(=O)c1cc(C2CC2)c(CN2CCC(Oc3ccc(Cl)cc3Cl)CC2)cc1F. The normalized spacial score (nSPS) is 18.0. The Kier molecular flexibility index (Phi) is 6.00. The first-order chi connectivity index (χ1) is 13.9. The number of rotatable bonds is 6. The van der Waals surface area contributed by atoms with E-state index >= 15 is 0 Å². The highest BCUT2D eigenvalue weighted by molar-refractivity contribution is 6.35. The lowest BCUT2D eigenvalue weighted by molar-refractivity contribution is 0.0964. The first-order valence-electron chi connectivity index (χ1n) is 9.87. The van der Waals surface area contributed by atoms with Crippen molar-refractivity contribution >= 4 is 29.1 Å². The zero-order valence-corrected chi connectivity index (χ0v) is 17.5. The highest BCUT2D eigenvalue weighted by Crippen LogP contribution is 2.43. The predicted octanol–water partition coefficient (Wildman–Crippen LogP) is 5.15. The van der Waals surface area contributed by atoms with Crippen molar-refractivity contribution in [2.24, 2.45) is 5.73 Å². The number of amides is 1. The summed E-state index contributed by atoms with van der Waals surface area (Å²) in [5, 5.41) is 1.09. The fourth-order valence-electron chi connectivity index (χ4n) is 3.91. The van der Waals surface area contributed by atoms with Crippen LogP contribution in [0.1, 0.15) is 53.1 Å². The van der Waals surface area contributed by atoms with E-state index in [0.29, 0.717) is 28.3 Å². The predicted molar refractivity (Wildman–Crippen MR) is 112 cm³/mol. The number of hydrogen-bond acceptors (Lipinski definition) is 3. The summed E-state index contributed by atoms with van der Waals surface area (Å²) in [6, 6.07) is 8.38. The molecule has 154 valence electrons. The standard InChI is InChI=1S/C22H23Cl2FN2O2/c23-15-3-4-21(19(24)10-15)29-16-5-7-27(8-6-16)12-14-9-20(25)18(22(26)28)11-17(14)13-1-2-13/h3-4,9-11,13,16H,1-2,5-8,12H2,(H2,26,28). The van der Waals surface area contributed by atoms with Crippen molar-refractivity contribution in [1.29, 1.82) is 0 Å². The van der Waals surface area contributed by atoms with Gasteiger partial charge >= 0.3 is 0 Å². The molecule has 1 saturated heterocycles. The number of halogens is 3. The van der Waals surface area contributed by atoms with Crippen LogP contribution >= 0.6 is 23.2 Å². The van der Waals surface area contributed by atoms with Crippen LogP contribution in [0.15, 0.2) is 30.3 Å². The second kappa shape index (κ2) is 8.50. The minimum absolute atomic E-state index is 0.0115. The molecule has 0 bridgehead atoms. The number of benzene rings is 2. The van der Waals surface area contributed by atoms with E-state index in [0.717, 1.165) is 49.9 Å². The van der Waals surface area contributed by atoms with Gasteiger partial charge in [-0.25, -0.2) is 4.39 Å². The highest BCUT2D eigenvalue weighted by atomic mass is 35.5. The molecule has 0 radical (unpaired) electrons. The Balaban J connectivity index is 1.39. The lowest BCUT2D eigenvalue weighted by Crippen LogP contribution is -2.38. The van der Waals surface area contributed by atoms with E-state index in [9.17, 15) is 9.18 Å². The topological polar surface area (TPSA) is 55.6 Å². The summed E-state index contributed by atoms with van der Waals surface area (Å²) in [6.45, 7) is 2.36. The van der Waals surface area contributed by atoms with Crippen LogP contribution < -0.4 is 10.5 Å². The van der Waals surface area contributed by atoms with Gasteiger partial charge in [0, 0.05) is 24.7 Å². The molecule has 1 aliphatic carbocycles. The minimum atomic E-state index is -0.713. The molecular weight excluding hydrogens is 414 g/mol. The summed E-state index contributed by atoms with van der Waals surface area (Å²) in [7, 11) is 0. The zero-order valence-electron chi connectivity index (χ0n) is 16.0. The molecule has 1 aliphatic heterocycles. The Morgan fingerprint density at radius 3 is 2.48 bits per heavy atom. The van der Waals surface area contributed by atoms with Gasteiger partial charge in [0.15, 0.2) is 0 Å². The Morgan fingerprint density at radius 1 is 1.14 bits per heavy atom. The molecule has 2 aromatic rings. The number of ether oxygens (including phenoxy) is 1. The van der Waals surface area contributed by atoms with Crippen molar-refractivity contribution in [3.05, 3.63) is 62.9 Å². The van der Waals surface area contributed by atoms with E-state index in [1.54, 1.807) is 24.3 Å². The third kappa shape index (κ3) is 4.85. The van der Waals surface area contributed by atoms with Crippen LogP contribution in [0.5, 0.6) is 5.75 Å². The van der Waals surface area contributed by atoms with Crippen LogP contribution in [0.3, 0.4) is 0 Å². The number of nitrogens with two attached hydrogens (primary N) is 1. The van der Waals surface area contributed by atoms with Crippen LogP contribution in [0.2, 0.25) is 10.0 Å². The number of primary amides is 1. The summed E-state index contributed by atoms with van der Waals surface area (Å²) in [4.78, 5) is 13.8. The molecule has 1 heterocycles. The van der Waals surface area contributed by atoms with Crippen LogP contribution in [0, 0.1) is 5.82 Å². The summed E-state index contributed by atoms with van der Waals surface area (Å²) < 4.78 is 20.4. The Hall–Kier alpha value is -1.82. The number of hydrogen-bond donors (Lipinski definition) is 1. The van der Waals surface area contributed by atoms with E-state index < -0.39 is 11.7 Å². The first-order valence-corrected chi connectivity index (χ1v) is 10.6. The van der Waals surface area contributed by atoms with Gasteiger partial charge in [0.05, 0.1) is 10.6 Å². The van der Waals surface area contributed by atoms with Crippen molar-refractivity contribution < 1.29 is 13.9 Å². The molecule has 0 aromatic heterocycles. The van der Waals surface area contributed by atoms with E-state index in [4.69, 9.17) is 33.7 Å². The van der Waals surface area contributed by atoms with Crippen molar-refractivity contribution in [2.75, 3.05) is 13.1 Å². The fourth-order valence-corrected chi connectivity index (χ4v) is 4.36. The van der Waals surface area contributed by atoms with E-state index in [2.05, 4.69) is 4.90 Å². The second-order valence-electron chi connectivity index (χ2n) is 7.84. The number of likely N-dealkylation sites (tertiary alicyclic amines) is 1.